The first-order chi connectivity index (χ1) is 7.84. The first-order valence-corrected chi connectivity index (χ1v) is 6.64. The zero-order chi connectivity index (χ0) is 13.2. The van der Waals surface area contributed by atoms with E-state index in [4.69, 9.17) is 0 Å². The molecule has 0 unspecified atom stereocenters. The van der Waals surface area contributed by atoms with Gasteiger partial charge in [-0.15, -0.1) is 0 Å². The van der Waals surface area contributed by atoms with Crippen molar-refractivity contribution in [2.75, 3.05) is 14.1 Å². The smallest absolute Gasteiger partial charge is 0.0316 e. The Balaban J connectivity index is 3.25. The van der Waals surface area contributed by atoms with Crippen molar-refractivity contribution in [2.45, 2.75) is 52.5 Å². The lowest BCUT2D eigenvalue weighted by atomic mass is 9.89. The molecule has 0 radical (unpaired) electrons. The van der Waals surface area contributed by atoms with E-state index in [0.29, 0.717) is 17.9 Å². The zero-order valence-electron chi connectivity index (χ0n) is 12.4. The lowest BCUT2D eigenvalue weighted by Gasteiger charge is -2.25. The molecule has 1 atom stereocenters. The Kier molecular flexibility index (Phi) is 4.76. The van der Waals surface area contributed by atoms with E-state index < -0.39 is 0 Å². The molecule has 1 heteroatoms. The Labute approximate surface area is 107 Å². The largest absolute Gasteiger partial charge is 0.303 e. The van der Waals surface area contributed by atoms with E-state index in [0.717, 1.165) is 0 Å². The highest BCUT2D eigenvalue weighted by Crippen LogP contribution is 2.30. The van der Waals surface area contributed by atoms with E-state index in [1.54, 1.807) is 0 Å². The van der Waals surface area contributed by atoms with Crippen LogP contribution >= 0.6 is 0 Å². The molecule has 0 aromatic heterocycles. The quantitative estimate of drug-likeness (QED) is 0.737. The van der Waals surface area contributed by atoms with Crippen LogP contribution in [0.3, 0.4) is 0 Å². The van der Waals surface area contributed by atoms with Gasteiger partial charge in [-0.1, -0.05) is 45.9 Å². The Morgan fingerprint density at radius 1 is 0.824 bits per heavy atom. The van der Waals surface area contributed by atoms with Crippen LogP contribution < -0.4 is 0 Å². The summed E-state index contributed by atoms with van der Waals surface area (Å²) in [6.07, 6.45) is 0. The summed E-state index contributed by atoms with van der Waals surface area (Å²) in [4.78, 5) is 2.28. The summed E-state index contributed by atoms with van der Waals surface area (Å²) in [5.74, 6) is 1.19. The number of nitrogens with zero attached hydrogens (tertiary/aromatic N) is 1. The Morgan fingerprint density at radius 2 is 1.41 bits per heavy atom. The molecule has 0 aliphatic heterocycles. The van der Waals surface area contributed by atoms with Crippen LogP contribution in [0.25, 0.3) is 0 Å². The lowest BCUT2D eigenvalue weighted by molar-refractivity contribution is 0.319. The molecule has 0 heterocycles. The Bertz CT molecular complexity index is 364. The lowest BCUT2D eigenvalue weighted by Crippen LogP contribution is -2.19. The van der Waals surface area contributed by atoms with Gasteiger partial charge >= 0.3 is 0 Å². The summed E-state index contributed by atoms with van der Waals surface area (Å²) in [6, 6.07) is 7.47. The average Bonchev–Trinajstić information content (AvgIpc) is 2.26. The van der Waals surface area contributed by atoms with Gasteiger partial charge in [-0.25, -0.2) is 0 Å². The standard InChI is InChI=1S/C16H27N/c1-11(2)14-8-9-15(12(3)4)16(10-14)13(5)17(6)7/h8-13H,1-7H3/t13-/m0/s1. The van der Waals surface area contributed by atoms with Crippen LogP contribution in [-0.2, 0) is 0 Å². The van der Waals surface area contributed by atoms with Crippen LogP contribution in [0.2, 0.25) is 0 Å². The van der Waals surface area contributed by atoms with Crippen molar-refractivity contribution in [2.24, 2.45) is 0 Å². The summed E-state index contributed by atoms with van der Waals surface area (Å²) in [5.41, 5.74) is 4.41. The van der Waals surface area contributed by atoms with Crippen molar-refractivity contribution < 1.29 is 0 Å². The van der Waals surface area contributed by atoms with Gasteiger partial charge in [0.15, 0.2) is 0 Å². The molecule has 0 N–H and O–H groups in total. The van der Waals surface area contributed by atoms with Gasteiger partial charge in [-0.3, -0.25) is 0 Å². The summed E-state index contributed by atoms with van der Waals surface area (Å²) < 4.78 is 0. The SMILES string of the molecule is CC(C)c1ccc(C(C)C)c([C@H](C)N(C)C)c1. The third-order valence-corrected chi connectivity index (χ3v) is 3.62. The summed E-state index contributed by atoms with van der Waals surface area (Å²) in [5, 5.41) is 0. The van der Waals surface area contributed by atoms with Crippen molar-refractivity contribution >= 4 is 0 Å². The Morgan fingerprint density at radius 3 is 1.82 bits per heavy atom. The fraction of sp³-hybridized carbons (Fsp3) is 0.625. The van der Waals surface area contributed by atoms with E-state index >= 15 is 0 Å². The highest BCUT2D eigenvalue weighted by Gasteiger charge is 2.16. The fourth-order valence-corrected chi connectivity index (χ4v) is 2.12. The topological polar surface area (TPSA) is 3.24 Å². The molecule has 1 nitrogen and oxygen atoms in total. The molecule has 0 bridgehead atoms. The van der Waals surface area contributed by atoms with Gasteiger partial charge in [0.2, 0.25) is 0 Å². The molecule has 0 fully saturated rings. The van der Waals surface area contributed by atoms with Crippen molar-refractivity contribution in [1.29, 1.82) is 0 Å². The highest BCUT2D eigenvalue weighted by atomic mass is 15.1. The molecular formula is C16H27N. The van der Waals surface area contributed by atoms with Crippen molar-refractivity contribution in [3.63, 3.8) is 0 Å². The van der Waals surface area contributed by atoms with Crippen molar-refractivity contribution in [3.8, 4) is 0 Å². The second kappa shape index (κ2) is 5.68. The van der Waals surface area contributed by atoms with Gasteiger partial charge in [0, 0.05) is 6.04 Å². The third kappa shape index (κ3) is 3.32. The third-order valence-electron chi connectivity index (χ3n) is 3.62. The number of benzene rings is 1. The normalized spacial score (nSPS) is 13.8. The Hall–Kier alpha value is -0.820. The molecule has 1 rings (SSSR count). The van der Waals surface area contributed by atoms with Crippen LogP contribution in [-0.4, -0.2) is 19.0 Å². The van der Waals surface area contributed by atoms with Crippen molar-refractivity contribution in [1.82, 2.24) is 4.90 Å². The van der Waals surface area contributed by atoms with Crippen LogP contribution in [0, 0.1) is 0 Å². The van der Waals surface area contributed by atoms with Crippen molar-refractivity contribution in [3.05, 3.63) is 34.9 Å². The van der Waals surface area contributed by atoms with Crippen LogP contribution in [0.15, 0.2) is 18.2 Å². The summed E-state index contributed by atoms with van der Waals surface area (Å²) >= 11 is 0. The minimum atomic E-state index is 0.478. The van der Waals surface area contributed by atoms with Gasteiger partial charge in [0.1, 0.15) is 0 Å². The molecule has 0 saturated heterocycles. The minimum absolute atomic E-state index is 0.478. The van der Waals surface area contributed by atoms with Gasteiger partial charge in [0.05, 0.1) is 0 Å². The van der Waals surface area contributed by atoms with Crippen LogP contribution in [0.1, 0.15) is 69.2 Å². The molecule has 1 aromatic rings. The molecular weight excluding hydrogens is 206 g/mol. The maximum absolute atomic E-state index is 2.39. The molecule has 0 saturated carbocycles. The molecule has 0 spiro atoms. The monoisotopic (exact) mass is 233 g/mol. The van der Waals surface area contributed by atoms with E-state index in [-0.39, 0.29) is 0 Å². The average molecular weight is 233 g/mol. The first kappa shape index (κ1) is 14.2. The summed E-state index contributed by atoms with van der Waals surface area (Å²) in [7, 11) is 4.30. The molecule has 96 valence electrons. The molecule has 0 amide bonds. The number of rotatable bonds is 4. The number of hydrogen-bond acceptors (Lipinski definition) is 1. The fourth-order valence-electron chi connectivity index (χ4n) is 2.12. The molecule has 0 aliphatic rings. The van der Waals surface area contributed by atoms with Gasteiger partial charge in [-0.2, -0.15) is 0 Å². The van der Waals surface area contributed by atoms with Gasteiger partial charge in [0.25, 0.3) is 0 Å². The maximum atomic E-state index is 2.39. The van der Waals surface area contributed by atoms with Gasteiger partial charge < -0.3 is 4.90 Å². The van der Waals surface area contributed by atoms with Crippen LogP contribution in [0.5, 0.6) is 0 Å². The molecule has 17 heavy (non-hydrogen) atoms. The zero-order valence-corrected chi connectivity index (χ0v) is 12.4. The second-order valence-corrected chi connectivity index (χ2v) is 5.84. The highest BCUT2D eigenvalue weighted by molar-refractivity contribution is 5.37. The maximum Gasteiger partial charge on any atom is 0.0316 e. The first-order valence-electron chi connectivity index (χ1n) is 6.64. The molecule has 1 aromatic carbocycles. The summed E-state index contributed by atoms with van der Waals surface area (Å²) in [6.45, 7) is 11.3. The predicted molar refractivity (Wildman–Crippen MR) is 76.7 cm³/mol. The second-order valence-electron chi connectivity index (χ2n) is 5.84. The molecule has 0 aliphatic carbocycles. The van der Waals surface area contributed by atoms with Crippen LogP contribution in [0.4, 0.5) is 0 Å². The van der Waals surface area contributed by atoms with E-state index in [2.05, 4.69) is 71.8 Å². The predicted octanol–water partition coefficient (Wildman–Crippen LogP) is 4.56. The van der Waals surface area contributed by atoms with E-state index in [1.807, 2.05) is 0 Å². The van der Waals surface area contributed by atoms with E-state index in [9.17, 15) is 0 Å². The van der Waals surface area contributed by atoms with E-state index in [1.165, 1.54) is 16.7 Å². The van der Waals surface area contributed by atoms with Gasteiger partial charge in [-0.05, 0) is 49.5 Å². The number of hydrogen-bond donors (Lipinski definition) is 0. The minimum Gasteiger partial charge on any atom is -0.303 e.